The molecule has 0 N–H and O–H groups in total. The van der Waals surface area contributed by atoms with Gasteiger partial charge in [-0.25, -0.2) is 4.98 Å². The second kappa shape index (κ2) is 6.92. The molecule has 0 bridgehead atoms. The Kier molecular flexibility index (Phi) is 4.44. The highest BCUT2D eigenvalue weighted by Gasteiger charge is 2.28. The van der Waals surface area contributed by atoms with Crippen LogP contribution >= 0.6 is 0 Å². The molecule has 138 valence electrons. The van der Waals surface area contributed by atoms with Crippen LogP contribution in [-0.2, 0) is 9.53 Å². The molecule has 0 spiro atoms. The number of benzene rings is 1. The van der Waals surface area contributed by atoms with Crippen molar-refractivity contribution in [2.45, 2.75) is 26.7 Å². The number of hydrogen-bond donors (Lipinski definition) is 0. The number of ether oxygens (including phenoxy) is 1. The van der Waals surface area contributed by atoms with Gasteiger partial charge in [0.05, 0.1) is 29.1 Å². The summed E-state index contributed by atoms with van der Waals surface area (Å²) in [5, 5.41) is 9.62. The Morgan fingerprint density at radius 1 is 1.33 bits per heavy atom. The number of nitrogens with zero attached hydrogens (tertiary/aromatic N) is 4. The number of para-hydroxylation sites is 2. The summed E-state index contributed by atoms with van der Waals surface area (Å²) in [7, 11) is 0. The summed E-state index contributed by atoms with van der Waals surface area (Å²) in [5.41, 5.74) is 4.09. The highest BCUT2D eigenvalue weighted by atomic mass is 16.5. The average molecular weight is 362 g/mol. The highest BCUT2D eigenvalue weighted by Crippen LogP contribution is 2.31. The molecule has 3 aromatic rings. The first-order chi connectivity index (χ1) is 13.1. The zero-order valence-electron chi connectivity index (χ0n) is 15.6. The summed E-state index contributed by atoms with van der Waals surface area (Å²) in [6.45, 7) is 5.77. The molecule has 6 heteroatoms. The van der Waals surface area contributed by atoms with Gasteiger partial charge in [-0.05, 0) is 50.5 Å². The van der Waals surface area contributed by atoms with E-state index in [1.807, 2.05) is 38.1 Å². The number of aryl methyl sites for hydroxylation is 1. The van der Waals surface area contributed by atoms with Crippen LogP contribution in [0.4, 0.5) is 5.82 Å². The minimum Gasteiger partial charge on any atom is -0.466 e. The van der Waals surface area contributed by atoms with Crippen molar-refractivity contribution in [2.24, 2.45) is 5.92 Å². The molecule has 1 aliphatic rings. The first-order valence-corrected chi connectivity index (χ1v) is 9.36. The first kappa shape index (κ1) is 17.3. The Bertz CT molecular complexity index is 1060. The van der Waals surface area contributed by atoms with Gasteiger partial charge in [0, 0.05) is 13.1 Å². The smallest absolute Gasteiger partial charge is 0.309 e. The third kappa shape index (κ3) is 2.89. The SMILES string of the molecule is CCOC(=O)C1CCN(c2cc(C)c(C#N)c3nc4ccccc4n23)CC1. The molecule has 27 heavy (non-hydrogen) atoms. The monoisotopic (exact) mass is 362 g/mol. The van der Waals surface area contributed by atoms with Crippen molar-refractivity contribution in [3.8, 4) is 6.07 Å². The fourth-order valence-electron chi connectivity index (χ4n) is 3.91. The zero-order chi connectivity index (χ0) is 19.0. The molecule has 0 unspecified atom stereocenters. The Morgan fingerprint density at radius 3 is 2.78 bits per heavy atom. The van der Waals surface area contributed by atoms with Crippen LogP contribution in [0, 0.1) is 24.2 Å². The van der Waals surface area contributed by atoms with Gasteiger partial charge in [0.15, 0.2) is 5.65 Å². The molecule has 4 rings (SSSR count). The van der Waals surface area contributed by atoms with Gasteiger partial charge < -0.3 is 9.64 Å². The van der Waals surface area contributed by atoms with Crippen LogP contribution in [0.2, 0.25) is 0 Å². The maximum Gasteiger partial charge on any atom is 0.309 e. The number of nitriles is 1. The van der Waals surface area contributed by atoms with Crippen molar-refractivity contribution < 1.29 is 9.53 Å². The van der Waals surface area contributed by atoms with Crippen molar-refractivity contribution in [3.63, 3.8) is 0 Å². The van der Waals surface area contributed by atoms with E-state index in [0.29, 0.717) is 17.8 Å². The molecule has 1 aliphatic heterocycles. The molecule has 6 nitrogen and oxygen atoms in total. The van der Waals surface area contributed by atoms with Gasteiger partial charge in [-0.15, -0.1) is 0 Å². The van der Waals surface area contributed by atoms with E-state index in [1.165, 1.54) is 0 Å². The van der Waals surface area contributed by atoms with E-state index in [4.69, 9.17) is 9.72 Å². The molecule has 0 saturated carbocycles. The van der Waals surface area contributed by atoms with E-state index in [1.54, 1.807) is 0 Å². The number of imidazole rings is 1. The van der Waals surface area contributed by atoms with E-state index in [0.717, 1.165) is 48.3 Å². The lowest BCUT2D eigenvalue weighted by molar-refractivity contribution is -0.148. The Labute approximate surface area is 158 Å². The van der Waals surface area contributed by atoms with Gasteiger partial charge in [0.25, 0.3) is 0 Å². The summed E-state index contributed by atoms with van der Waals surface area (Å²) in [6, 6.07) is 12.3. The van der Waals surface area contributed by atoms with Crippen molar-refractivity contribution >= 4 is 28.5 Å². The van der Waals surface area contributed by atoms with Gasteiger partial charge in [-0.2, -0.15) is 5.26 Å². The molecule has 1 aromatic carbocycles. The highest BCUT2D eigenvalue weighted by molar-refractivity contribution is 5.85. The number of hydrogen-bond acceptors (Lipinski definition) is 5. The third-order valence-electron chi connectivity index (χ3n) is 5.30. The average Bonchev–Trinajstić information content (AvgIpc) is 3.07. The number of piperidine rings is 1. The number of anilines is 1. The van der Waals surface area contributed by atoms with Gasteiger partial charge in [0.2, 0.25) is 0 Å². The fraction of sp³-hybridized carbons (Fsp3) is 0.381. The molecular formula is C21H22N4O2. The van der Waals surface area contributed by atoms with E-state index >= 15 is 0 Å². The number of rotatable bonds is 3. The Morgan fingerprint density at radius 2 is 2.07 bits per heavy atom. The minimum atomic E-state index is -0.0913. The molecule has 0 amide bonds. The van der Waals surface area contributed by atoms with Crippen LogP contribution in [0.1, 0.15) is 30.9 Å². The van der Waals surface area contributed by atoms with Gasteiger partial charge in [0.1, 0.15) is 11.9 Å². The summed E-state index contributed by atoms with van der Waals surface area (Å²) in [5.74, 6) is 0.902. The predicted octanol–water partition coefficient (Wildman–Crippen LogP) is 3.45. The number of esters is 1. The maximum absolute atomic E-state index is 12.0. The van der Waals surface area contributed by atoms with E-state index in [9.17, 15) is 10.1 Å². The van der Waals surface area contributed by atoms with Crippen LogP contribution in [0.5, 0.6) is 0 Å². The van der Waals surface area contributed by atoms with E-state index in [-0.39, 0.29) is 11.9 Å². The Balaban J connectivity index is 1.77. The quantitative estimate of drug-likeness (QED) is 0.668. The van der Waals surface area contributed by atoms with E-state index in [2.05, 4.69) is 21.4 Å². The molecule has 1 saturated heterocycles. The molecule has 0 aliphatic carbocycles. The van der Waals surface area contributed by atoms with Crippen LogP contribution in [0.15, 0.2) is 30.3 Å². The fourth-order valence-corrected chi connectivity index (χ4v) is 3.91. The normalized spacial score (nSPS) is 15.2. The molecule has 0 radical (unpaired) electrons. The number of aromatic nitrogens is 2. The van der Waals surface area contributed by atoms with Crippen LogP contribution in [-0.4, -0.2) is 35.1 Å². The summed E-state index contributed by atoms with van der Waals surface area (Å²) in [4.78, 5) is 19.0. The summed E-state index contributed by atoms with van der Waals surface area (Å²) < 4.78 is 7.25. The third-order valence-corrected chi connectivity index (χ3v) is 5.30. The zero-order valence-corrected chi connectivity index (χ0v) is 15.6. The van der Waals surface area contributed by atoms with Crippen LogP contribution in [0.25, 0.3) is 16.7 Å². The van der Waals surface area contributed by atoms with Gasteiger partial charge in [-0.3, -0.25) is 9.20 Å². The van der Waals surface area contributed by atoms with Crippen LogP contribution in [0.3, 0.4) is 0 Å². The molecule has 3 heterocycles. The van der Waals surface area contributed by atoms with Crippen molar-refractivity contribution in [1.29, 1.82) is 5.26 Å². The lowest BCUT2D eigenvalue weighted by Crippen LogP contribution is -2.38. The number of carbonyl (C=O) groups is 1. The summed E-state index contributed by atoms with van der Waals surface area (Å²) in [6.07, 6.45) is 1.54. The van der Waals surface area contributed by atoms with Crippen molar-refractivity contribution in [3.05, 3.63) is 41.5 Å². The predicted molar refractivity (Wildman–Crippen MR) is 104 cm³/mol. The largest absolute Gasteiger partial charge is 0.466 e. The second-order valence-corrected chi connectivity index (χ2v) is 6.95. The van der Waals surface area contributed by atoms with Crippen molar-refractivity contribution in [1.82, 2.24) is 9.38 Å². The second-order valence-electron chi connectivity index (χ2n) is 6.95. The molecular weight excluding hydrogens is 340 g/mol. The molecule has 1 fully saturated rings. The minimum absolute atomic E-state index is 0.0318. The topological polar surface area (TPSA) is 70.6 Å². The lowest BCUT2D eigenvalue weighted by atomic mass is 9.97. The van der Waals surface area contributed by atoms with Gasteiger partial charge >= 0.3 is 5.97 Å². The number of pyridine rings is 1. The summed E-state index contributed by atoms with van der Waals surface area (Å²) >= 11 is 0. The first-order valence-electron chi connectivity index (χ1n) is 9.36. The Hall–Kier alpha value is -3.07. The van der Waals surface area contributed by atoms with E-state index < -0.39 is 0 Å². The number of carbonyl (C=O) groups excluding carboxylic acids is 1. The van der Waals surface area contributed by atoms with Crippen molar-refractivity contribution in [2.75, 3.05) is 24.6 Å². The maximum atomic E-state index is 12.0. The van der Waals surface area contributed by atoms with Gasteiger partial charge in [-0.1, -0.05) is 12.1 Å². The molecule has 2 aromatic heterocycles. The lowest BCUT2D eigenvalue weighted by Gasteiger charge is -2.33. The standard InChI is InChI=1S/C21H22N4O2/c1-3-27-21(26)15-8-10-24(11-9-15)19-12-14(2)16(13-22)20-23-17-6-4-5-7-18(17)25(19)20/h4-7,12,15H,3,8-11H2,1-2H3. The number of fused-ring (bicyclic) bond motifs is 3. The molecule has 0 atom stereocenters. The van der Waals surface area contributed by atoms with Crippen LogP contribution < -0.4 is 4.90 Å².